The third-order valence-electron chi connectivity index (χ3n) is 16.2. The van der Waals surface area contributed by atoms with E-state index in [1.807, 2.05) is 0 Å². The van der Waals surface area contributed by atoms with Crippen molar-refractivity contribution in [1.29, 1.82) is 0 Å². The minimum atomic E-state index is -2.28. The fraction of sp³-hybridized carbons (Fsp3) is 1.00. The summed E-state index contributed by atoms with van der Waals surface area (Å²) >= 11 is 0. The topological polar surface area (TPSA) is 18.5 Å². The summed E-state index contributed by atoms with van der Waals surface area (Å²) in [4.78, 5) is 0. The second-order valence-corrected chi connectivity index (χ2v) is 38.1. The normalized spacial score (nSPS) is 15.7. The zero-order valence-corrected chi connectivity index (χ0v) is 43.5. The van der Waals surface area contributed by atoms with Crippen LogP contribution in [0.3, 0.4) is 0 Å². The quantitative estimate of drug-likeness (QED) is 0.0931. The third-order valence-corrected chi connectivity index (χ3v) is 36.9. The number of hydrogen-bond acceptors (Lipinski definition) is 2. The largest absolute Gasteiger partial charge is 0.458 e. The highest BCUT2D eigenvalue weighted by Gasteiger charge is 2.63. The van der Waals surface area contributed by atoms with Gasteiger partial charge < -0.3 is 8.23 Å². The molecule has 0 spiro atoms. The van der Waals surface area contributed by atoms with Crippen molar-refractivity contribution >= 4 is 250 Å². The zero-order chi connectivity index (χ0) is 40.1. The summed E-state index contributed by atoms with van der Waals surface area (Å²) in [5.41, 5.74) is 0. The minimum absolute atomic E-state index is 0.187. The van der Waals surface area contributed by atoms with Crippen molar-refractivity contribution in [3.8, 4) is 0 Å². The van der Waals surface area contributed by atoms with E-state index in [0.717, 1.165) is 0 Å². The predicted octanol–water partition coefficient (Wildman–Crippen LogP) is -15.8. The first-order valence-corrected chi connectivity index (χ1v) is 33.8. The fourth-order valence-corrected chi connectivity index (χ4v) is 41.4. The number of rotatable bonds is 24. The van der Waals surface area contributed by atoms with Crippen LogP contribution in [0, 0.1) is 0 Å². The molecule has 0 bridgehead atoms. The van der Waals surface area contributed by atoms with Gasteiger partial charge in [0.2, 0.25) is 0 Å². The zero-order valence-electron chi connectivity index (χ0n) is 39.5. The van der Waals surface area contributed by atoms with Crippen LogP contribution in [0.5, 0.6) is 0 Å². The lowest BCUT2D eigenvalue weighted by molar-refractivity contribution is 0.537. The summed E-state index contributed by atoms with van der Waals surface area (Å²) in [6.45, 7) is 31.4. The third kappa shape index (κ3) is 10.1. The average molecular weight is 705 g/mol. The van der Waals surface area contributed by atoms with Crippen LogP contribution in [-0.4, -0.2) is 250 Å². The predicted molar refractivity (Wildman–Crippen MR) is 320 cm³/mol. The van der Waals surface area contributed by atoms with E-state index in [9.17, 15) is 0 Å². The maximum atomic E-state index is 8.19. The molecule has 0 aromatic rings. The van der Waals surface area contributed by atoms with Crippen LogP contribution in [0.4, 0.5) is 0 Å². The molecule has 3 unspecified atom stereocenters. The molecule has 0 fully saturated rings. The maximum absolute atomic E-state index is 8.19. The van der Waals surface area contributed by atoms with Gasteiger partial charge in [0.25, 0.3) is 0 Å². The summed E-state index contributed by atoms with van der Waals surface area (Å²) in [5, 5.41) is 0. The number of hydrogen-bond donors (Lipinski definition) is 0. The molecule has 0 saturated carbocycles. The monoisotopic (exact) mass is 711 g/mol. The highest BCUT2D eigenvalue weighted by atomic mass is 28.4. The van der Waals surface area contributed by atoms with Crippen LogP contribution in [0.2, 0.25) is 86.2 Å². The molecule has 242 valence electrons. The second kappa shape index (κ2) is 20.4. The Bertz CT molecular complexity index is 1010. The van der Waals surface area contributed by atoms with Gasteiger partial charge in [0, 0.05) is 40.7 Å². The molecule has 0 N–H and O–H groups in total. The Labute approximate surface area is 342 Å². The lowest BCUT2D eigenvalue weighted by atomic mass is 8.79. The molecule has 2 nitrogen and oxygen atoms in total. The molecule has 0 aromatic carbocycles. The van der Waals surface area contributed by atoms with Gasteiger partial charge in [-0.2, -0.15) is 0 Å². The van der Waals surface area contributed by atoms with Crippen LogP contribution in [0.15, 0.2) is 0 Å². The molecule has 0 radical (unpaired) electrons. The van der Waals surface area contributed by atoms with Gasteiger partial charge in [-0.15, -0.1) is 14.2 Å². The Kier molecular flexibility index (Phi) is 21.5. The van der Waals surface area contributed by atoms with Gasteiger partial charge in [-0.25, -0.2) is 0 Å². The molecular weight excluding hydrogens is 637 g/mol. The van der Waals surface area contributed by atoms with E-state index in [1.54, 1.807) is 0 Å². The highest BCUT2D eigenvalue weighted by Crippen LogP contribution is 2.50. The molecule has 36 heteroatoms. The summed E-state index contributed by atoms with van der Waals surface area (Å²) in [6.07, 6.45) is 0. The van der Waals surface area contributed by atoms with Gasteiger partial charge in [0.05, 0.1) is 177 Å². The molecule has 0 heterocycles. The van der Waals surface area contributed by atoms with E-state index in [2.05, 4.69) is 182 Å². The highest BCUT2D eigenvalue weighted by molar-refractivity contribution is 7.68. The Morgan fingerprint density at radius 2 is 0.700 bits per heavy atom. The minimum Gasteiger partial charge on any atom is -0.458 e. The summed E-state index contributed by atoms with van der Waals surface area (Å²) in [5.74, 6) is 1.24. The fourth-order valence-electron chi connectivity index (χ4n) is 14.7. The summed E-state index contributed by atoms with van der Waals surface area (Å²) in [7, 11) is 36.7. The van der Waals surface area contributed by atoms with Gasteiger partial charge in [-0.3, -0.25) is 0 Å². The van der Waals surface area contributed by atoms with E-state index < -0.39 is 33.3 Å². The first-order chi connectivity index (χ1) is 22.5. The average Bonchev–Trinajstić information content (AvgIpc) is 2.97. The van der Waals surface area contributed by atoms with Crippen molar-refractivity contribution in [3.63, 3.8) is 0 Å². The van der Waals surface area contributed by atoms with Gasteiger partial charge in [-0.1, -0.05) is 19.6 Å². The van der Waals surface area contributed by atoms with E-state index >= 15 is 0 Å². The van der Waals surface area contributed by atoms with Crippen molar-refractivity contribution in [1.82, 2.24) is 0 Å². The molecule has 0 aromatic heterocycles. The molecule has 0 aliphatic heterocycles. The smallest absolute Gasteiger partial charge is 0.165 e. The van der Waals surface area contributed by atoms with E-state index in [1.165, 1.54) is 48.6 Å². The van der Waals surface area contributed by atoms with Crippen molar-refractivity contribution in [2.75, 3.05) is 0 Å². The van der Waals surface area contributed by atoms with Crippen LogP contribution < -0.4 is 0 Å². The molecule has 3 atom stereocenters. The first kappa shape index (κ1) is 52.7. The van der Waals surface area contributed by atoms with Gasteiger partial charge in [0.15, 0.2) is 33.3 Å². The molecule has 0 aliphatic rings. The summed E-state index contributed by atoms with van der Waals surface area (Å²) in [6, 6.07) is 0. The Balaban J connectivity index is 7.14. The Hall–Kier alpha value is 2.74. The van der Waals surface area contributed by atoms with Crippen LogP contribution in [-0.2, 0) is 8.23 Å². The molecule has 0 rings (SSSR count). The van der Waals surface area contributed by atoms with E-state index in [-0.39, 0.29) is 14.2 Å². The standard InChI is InChI=1S/C14H68B30O2Si4/c1-30-39(24)12(36(18)19,42(27)33-15)48(5,6)45-47(3,4)11-32-41(26)14(38(22)23,44(29)35-17)50(9,10)46-49(7,8)13(37(20)21,40(25)31-2)43(28)34-16/h30-35H,11,15-29H2,1-10H3. The molecule has 50 heavy (non-hydrogen) atoms. The Morgan fingerprint density at radius 3 is 0.940 bits per heavy atom. The summed E-state index contributed by atoms with van der Waals surface area (Å²) < 4.78 is 16.7. The SMILES string of the molecule is BBB(B)C(B(B)B)(B(B)BC)[Si](C)(C)O[Si](C)(C)CBB(B)C(B(B)B)(B(B)BB)[Si](C)(C)O[Si](C)(C)C(B(B)B)(B(B)BB)B(B)BC. The molecule has 0 aliphatic carbocycles. The van der Waals surface area contributed by atoms with E-state index in [4.69, 9.17) is 8.23 Å². The van der Waals surface area contributed by atoms with Gasteiger partial charge in [-0.05, 0) is 52.4 Å². The van der Waals surface area contributed by atoms with Crippen LogP contribution >= 0.6 is 0 Å². The van der Waals surface area contributed by atoms with Crippen molar-refractivity contribution in [3.05, 3.63) is 0 Å². The lowest BCUT2D eigenvalue weighted by Crippen LogP contribution is -2.78. The van der Waals surface area contributed by atoms with Crippen molar-refractivity contribution < 1.29 is 8.23 Å². The maximum Gasteiger partial charge on any atom is 0.165 e. The molecular formula is C14H68B30O2Si4. The molecule has 0 amide bonds. The second-order valence-electron chi connectivity index (χ2n) is 20.7. The van der Waals surface area contributed by atoms with Crippen LogP contribution in [0.25, 0.3) is 0 Å². The van der Waals surface area contributed by atoms with E-state index in [0.29, 0.717) is 58.4 Å². The van der Waals surface area contributed by atoms with Gasteiger partial charge >= 0.3 is 0 Å². The Morgan fingerprint density at radius 1 is 0.440 bits per heavy atom. The van der Waals surface area contributed by atoms with Crippen molar-refractivity contribution in [2.24, 2.45) is 0 Å². The van der Waals surface area contributed by atoms with Crippen molar-refractivity contribution in [2.45, 2.75) is 86.2 Å². The molecule has 0 saturated heterocycles. The lowest BCUT2D eigenvalue weighted by Gasteiger charge is -2.62. The first-order valence-electron chi connectivity index (χ1n) is 21.9. The van der Waals surface area contributed by atoms with Gasteiger partial charge in [0.1, 0.15) is 0 Å². The van der Waals surface area contributed by atoms with Crippen LogP contribution in [0.1, 0.15) is 0 Å².